The third-order valence-corrected chi connectivity index (χ3v) is 3.19. The number of allylic oxidation sites excluding steroid dienone is 1. The first-order valence-electron chi connectivity index (χ1n) is 6.94. The van der Waals surface area contributed by atoms with Gasteiger partial charge in [-0.15, -0.1) is 0 Å². The Bertz CT molecular complexity index is 608. The maximum atomic E-state index is 11.8. The van der Waals surface area contributed by atoms with E-state index in [1.54, 1.807) is 0 Å². The summed E-state index contributed by atoms with van der Waals surface area (Å²) < 4.78 is 1.43. The number of rotatable bonds is 6. The highest BCUT2D eigenvalue weighted by atomic mass is 16.2. The summed E-state index contributed by atoms with van der Waals surface area (Å²) in [6, 6.07) is -0.0544. The van der Waals surface area contributed by atoms with Gasteiger partial charge in [0, 0.05) is 18.2 Å². The standard InChI is InChI=1S/C15H22N2O3/c1-5-6-11(4)13(18)8-7-12-9-17(10(2)3)15(20)16-14(12)19/h7-11H,5-6H2,1-4H3,(H,16,19,20)/b8-7+. The maximum absolute atomic E-state index is 11.8. The van der Waals surface area contributed by atoms with Crippen molar-refractivity contribution in [3.05, 3.63) is 38.7 Å². The monoisotopic (exact) mass is 278 g/mol. The molecular formula is C15H22N2O3. The number of ketones is 1. The van der Waals surface area contributed by atoms with Crippen LogP contribution in [0.4, 0.5) is 0 Å². The summed E-state index contributed by atoms with van der Waals surface area (Å²) in [5, 5.41) is 0. The lowest BCUT2D eigenvalue weighted by atomic mass is 10.0. The van der Waals surface area contributed by atoms with Gasteiger partial charge in [0.25, 0.3) is 5.56 Å². The van der Waals surface area contributed by atoms with Crippen LogP contribution in [0.15, 0.2) is 21.9 Å². The average molecular weight is 278 g/mol. The van der Waals surface area contributed by atoms with E-state index in [2.05, 4.69) is 4.98 Å². The van der Waals surface area contributed by atoms with Crippen LogP contribution in [0.25, 0.3) is 6.08 Å². The van der Waals surface area contributed by atoms with Gasteiger partial charge < -0.3 is 0 Å². The molecule has 1 aromatic rings. The van der Waals surface area contributed by atoms with E-state index >= 15 is 0 Å². The van der Waals surface area contributed by atoms with Crippen LogP contribution >= 0.6 is 0 Å². The van der Waals surface area contributed by atoms with Crippen molar-refractivity contribution < 1.29 is 4.79 Å². The van der Waals surface area contributed by atoms with E-state index in [0.717, 1.165) is 12.8 Å². The second-order valence-electron chi connectivity index (χ2n) is 5.27. The highest BCUT2D eigenvalue weighted by Crippen LogP contribution is 2.08. The first kappa shape index (κ1) is 16.1. The zero-order valence-corrected chi connectivity index (χ0v) is 12.5. The van der Waals surface area contributed by atoms with Crippen molar-refractivity contribution in [3.8, 4) is 0 Å². The molecule has 1 N–H and O–H groups in total. The van der Waals surface area contributed by atoms with Crippen LogP contribution in [0, 0.1) is 5.92 Å². The molecular weight excluding hydrogens is 256 g/mol. The van der Waals surface area contributed by atoms with Gasteiger partial charge in [0.1, 0.15) is 0 Å². The van der Waals surface area contributed by atoms with E-state index in [4.69, 9.17) is 0 Å². The number of aromatic nitrogens is 2. The zero-order chi connectivity index (χ0) is 15.3. The quantitative estimate of drug-likeness (QED) is 0.810. The molecule has 0 saturated carbocycles. The van der Waals surface area contributed by atoms with E-state index in [0.29, 0.717) is 5.56 Å². The predicted octanol–water partition coefficient (Wildman–Crippen LogP) is 2.14. The molecule has 1 atom stereocenters. The summed E-state index contributed by atoms with van der Waals surface area (Å²) in [4.78, 5) is 37.4. The number of hydrogen-bond donors (Lipinski definition) is 1. The first-order valence-corrected chi connectivity index (χ1v) is 6.94. The predicted molar refractivity (Wildman–Crippen MR) is 79.8 cm³/mol. The van der Waals surface area contributed by atoms with Crippen LogP contribution in [0.1, 0.15) is 52.1 Å². The molecule has 0 radical (unpaired) electrons. The molecule has 0 amide bonds. The fraction of sp³-hybridized carbons (Fsp3) is 0.533. The van der Waals surface area contributed by atoms with Crippen LogP contribution in [-0.2, 0) is 4.79 Å². The van der Waals surface area contributed by atoms with Crippen LogP contribution in [0.2, 0.25) is 0 Å². The Morgan fingerprint density at radius 2 is 2.00 bits per heavy atom. The Balaban J connectivity index is 3.04. The van der Waals surface area contributed by atoms with E-state index < -0.39 is 11.2 Å². The third kappa shape index (κ3) is 4.05. The number of H-pyrrole nitrogens is 1. The lowest BCUT2D eigenvalue weighted by Crippen LogP contribution is -2.31. The smallest absolute Gasteiger partial charge is 0.297 e. The van der Waals surface area contributed by atoms with Crippen molar-refractivity contribution in [1.82, 2.24) is 9.55 Å². The third-order valence-electron chi connectivity index (χ3n) is 3.19. The molecule has 110 valence electrons. The van der Waals surface area contributed by atoms with E-state index in [9.17, 15) is 14.4 Å². The summed E-state index contributed by atoms with van der Waals surface area (Å²) in [5.74, 6) is -0.0557. The molecule has 1 unspecified atom stereocenters. The van der Waals surface area contributed by atoms with Gasteiger partial charge in [0.15, 0.2) is 5.78 Å². The molecule has 0 saturated heterocycles. The Labute approximate surface area is 118 Å². The highest BCUT2D eigenvalue weighted by Gasteiger charge is 2.09. The minimum atomic E-state index is -0.473. The molecule has 0 aliphatic rings. The van der Waals surface area contributed by atoms with Gasteiger partial charge in [-0.2, -0.15) is 0 Å². The second-order valence-corrected chi connectivity index (χ2v) is 5.27. The van der Waals surface area contributed by atoms with Crippen molar-refractivity contribution in [2.24, 2.45) is 5.92 Å². The largest absolute Gasteiger partial charge is 0.328 e. The number of carbonyl (C=O) groups is 1. The lowest BCUT2D eigenvalue weighted by Gasteiger charge is -2.09. The molecule has 1 aromatic heterocycles. The zero-order valence-electron chi connectivity index (χ0n) is 12.5. The molecule has 0 bridgehead atoms. The van der Waals surface area contributed by atoms with Crippen LogP contribution in [0.3, 0.4) is 0 Å². The molecule has 20 heavy (non-hydrogen) atoms. The molecule has 1 heterocycles. The fourth-order valence-corrected chi connectivity index (χ4v) is 1.91. The van der Waals surface area contributed by atoms with Crippen LogP contribution in [-0.4, -0.2) is 15.3 Å². The van der Waals surface area contributed by atoms with Crippen LogP contribution in [0.5, 0.6) is 0 Å². The topological polar surface area (TPSA) is 71.9 Å². The number of hydrogen-bond acceptors (Lipinski definition) is 3. The van der Waals surface area contributed by atoms with E-state index in [-0.39, 0.29) is 17.7 Å². The Morgan fingerprint density at radius 3 is 2.55 bits per heavy atom. The van der Waals surface area contributed by atoms with Gasteiger partial charge in [0.2, 0.25) is 0 Å². The van der Waals surface area contributed by atoms with Crippen molar-refractivity contribution in [3.63, 3.8) is 0 Å². The minimum Gasteiger partial charge on any atom is -0.297 e. The summed E-state index contributed by atoms with van der Waals surface area (Å²) in [5.41, 5.74) is -0.595. The Hall–Kier alpha value is -1.91. The summed E-state index contributed by atoms with van der Waals surface area (Å²) in [7, 11) is 0. The average Bonchev–Trinajstić information content (AvgIpc) is 2.37. The Morgan fingerprint density at radius 1 is 1.35 bits per heavy atom. The van der Waals surface area contributed by atoms with Crippen LogP contribution < -0.4 is 11.2 Å². The normalized spacial score (nSPS) is 13.1. The molecule has 0 aliphatic carbocycles. The molecule has 0 aromatic carbocycles. The molecule has 1 rings (SSSR count). The van der Waals surface area contributed by atoms with E-state index in [1.807, 2.05) is 27.7 Å². The van der Waals surface area contributed by atoms with E-state index in [1.165, 1.54) is 22.9 Å². The van der Waals surface area contributed by atoms with Gasteiger partial charge in [-0.3, -0.25) is 19.1 Å². The SMILES string of the molecule is CCCC(C)C(=O)/C=C/c1cn(C(C)C)c(=O)[nH]c1=O. The molecule has 0 spiro atoms. The van der Waals surface area contributed by atoms with Gasteiger partial charge in [0.05, 0.1) is 5.56 Å². The van der Waals surface area contributed by atoms with Gasteiger partial charge in [-0.25, -0.2) is 4.79 Å². The van der Waals surface area contributed by atoms with Gasteiger partial charge >= 0.3 is 5.69 Å². The molecule has 0 fully saturated rings. The number of carbonyl (C=O) groups excluding carboxylic acids is 1. The van der Waals surface area contributed by atoms with Gasteiger partial charge in [-0.05, 0) is 32.4 Å². The molecule has 5 nitrogen and oxygen atoms in total. The number of nitrogens with zero attached hydrogens (tertiary/aromatic N) is 1. The summed E-state index contributed by atoms with van der Waals surface area (Å²) in [6.45, 7) is 7.59. The number of aromatic amines is 1. The lowest BCUT2D eigenvalue weighted by molar-refractivity contribution is -0.117. The van der Waals surface area contributed by atoms with Crippen molar-refractivity contribution in [2.45, 2.75) is 46.6 Å². The Kier molecular flexibility index (Phi) is 5.67. The first-order chi connectivity index (χ1) is 9.36. The fourth-order valence-electron chi connectivity index (χ4n) is 1.91. The summed E-state index contributed by atoms with van der Waals surface area (Å²) in [6.07, 6.45) is 6.15. The maximum Gasteiger partial charge on any atom is 0.328 e. The molecule has 5 heteroatoms. The highest BCUT2D eigenvalue weighted by molar-refractivity contribution is 5.95. The van der Waals surface area contributed by atoms with Gasteiger partial charge in [-0.1, -0.05) is 20.3 Å². The number of nitrogens with one attached hydrogen (secondary N) is 1. The van der Waals surface area contributed by atoms with Crippen molar-refractivity contribution in [2.75, 3.05) is 0 Å². The summed E-state index contributed by atoms with van der Waals surface area (Å²) >= 11 is 0. The minimum absolute atomic E-state index is 0.00598. The molecule has 0 aliphatic heterocycles. The van der Waals surface area contributed by atoms with Crippen molar-refractivity contribution in [1.29, 1.82) is 0 Å². The second kappa shape index (κ2) is 7.03. The van der Waals surface area contributed by atoms with Crippen molar-refractivity contribution >= 4 is 11.9 Å².